The molecule has 0 aliphatic heterocycles. The summed E-state index contributed by atoms with van der Waals surface area (Å²) in [5.74, 6) is 1.20. The molecule has 5 heteroatoms. The van der Waals surface area contributed by atoms with Gasteiger partial charge in [-0.25, -0.2) is 0 Å². The summed E-state index contributed by atoms with van der Waals surface area (Å²) in [4.78, 5) is 18.3. The fourth-order valence-electron chi connectivity index (χ4n) is 1.96. The smallest absolute Gasteiger partial charge is 0.237 e. The van der Waals surface area contributed by atoms with Crippen LogP contribution in [0.3, 0.4) is 0 Å². The molecule has 2 rings (SSSR count). The molecule has 21 heavy (non-hydrogen) atoms. The van der Waals surface area contributed by atoms with Gasteiger partial charge in [0.2, 0.25) is 5.91 Å². The number of amides is 1. The lowest BCUT2D eigenvalue weighted by Crippen LogP contribution is -2.32. The van der Waals surface area contributed by atoms with E-state index in [0.29, 0.717) is 17.3 Å². The molecule has 0 saturated heterocycles. The molecule has 1 amide bonds. The largest absolute Gasteiger partial charge is 0.311 e. The molecule has 1 aromatic carbocycles. The molecule has 0 fully saturated rings. The van der Waals surface area contributed by atoms with Gasteiger partial charge in [-0.15, -0.1) is 11.8 Å². The predicted octanol–water partition coefficient (Wildman–Crippen LogP) is 4.02. The topological polar surface area (TPSA) is 33.2 Å². The van der Waals surface area contributed by atoms with E-state index >= 15 is 0 Å². The molecule has 0 spiro atoms. The van der Waals surface area contributed by atoms with E-state index in [2.05, 4.69) is 4.98 Å². The summed E-state index contributed by atoms with van der Waals surface area (Å²) in [6.07, 6.45) is 1.76. The standard InChI is InChI=1S/C16H17ClN2OS/c1-2-19(15-9-4-3-8-14(15)17)16(20)12-21-11-13-7-5-6-10-18-13/h3-10H,2,11-12H2,1H3. The molecule has 2 aromatic rings. The Labute approximate surface area is 134 Å². The number of carbonyl (C=O) groups excluding carboxylic acids is 1. The molecule has 110 valence electrons. The second-order valence-corrected chi connectivity index (χ2v) is 5.80. The SMILES string of the molecule is CCN(C(=O)CSCc1ccccn1)c1ccccc1Cl. The van der Waals surface area contributed by atoms with Crippen LogP contribution in [0, 0.1) is 0 Å². The first kappa shape index (κ1) is 15.9. The first-order valence-electron chi connectivity index (χ1n) is 6.75. The Morgan fingerprint density at radius 3 is 2.67 bits per heavy atom. The van der Waals surface area contributed by atoms with Crippen molar-refractivity contribution in [3.63, 3.8) is 0 Å². The Balaban J connectivity index is 1.93. The van der Waals surface area contributed by atoms with Crippen molar-refractivity contribution in [2.75, 3.05) is 17.2 Å². The number of benzene rings is 1. The Morgan fingerprint density at radius 1 is 1.24 bits per heavy atom. The van der Waals surface area contributed by atoms with Crippen LogP contribution in [0.1, 0.15) is 12.6 Å². The number of halogens is 1. The molecule has 1 aromatic heterocycles. The first-order chi connectivity index (χ1) is 10.2. The molecular weight excluding hydrogens is 304 g/mol. The number of aromatic nitrogens is 1. The summed E-state index contributed by atoms with van der Waals surface area (Å²) in [6, 6.07) is 13.2. The minimum absolute atomic E-state index is 0.0616. The van der Waals surface area contributed by atoms with Crippen molar-refractivity contribution in [1.29, 1.82) is 0 Å². The molecule has 1 heterocycles. The van der Waals surface area contributed by atoms with E-state index in [9.17, 15) is 4.79 Å². The Bertz CT molecular complexity index is 592. The predicted molar refractivity (Wildman–Crippen MR) is 89.9 cm³/mol. The molecular formula is C16H17ClN2OS. The monoisotopic (exact) mass is 320 g/mol. The Kier molecular flexibility index (Phi) is 6.08. The number of pyridine rings is 1. The van der Waals surface area contributed by atoms with Gasteiger partial charge < -0.3 is 4.90 Å². The minimum Gasteiger partial charge on any atom is -0.311 e. The van der Waals surface area contributed by atoms with Gasteiger partial charge in [0.15, 0.2) is 0 Å². The highest BCUT2D eigenvalue weighted by atomic mass is 35.5. The molecule has 0 unspecified atom stereocenters. The zero-order chi connectivity index (χ0) is 15.1. The highest BCUT2D eigenvalue weighted by molar-refractivity contribution is 7.99. The van der Waals surface area contributed by atoms with Gasteiger partial charge in [0.1, 0.15) is 0 Å². The molecule has 0 aliphatic rings. The molecule has 0 saturated carbocycles. The maximum absolute atomic E-state index is 12.3. The van der Waals surface area contributed by atoms with Gasteiger partial charge in [-0.3, -0.25) is 9.78 Å². The number of hydrogen-bond acceptors (Lipinski definition) is 3. The van der Waals surface area contributed by atoms with Crippen LogP contribution in [0.25, 0.3) is 0 Å². The van der Waals surface area contributed by atoms with Crippen LogP contribution in [0.15, 0.2) is 48.7 Å². The van der Waals surface area contributed by atoms with Crippen molar-refractivity contribution in [1.82, 2.24) is 4.98 Å². The van der Waals surface area contributed by atoms with E-state index in [1.165, 1.54) is 0 Å². The summed E-state index contributed by atoms with van der Waals surface area (Å²) in [6.45, 7) is 2.55. The molecule has 0 N–H and O–H groups in total. The highest BCUT2D eigenvalue weighted by Gasteiger charge is 2.16. The van der Waals surface area contributed by atoms with Crippen molar-refractivity contribution in [3.8, 4) is 0 Å². The number of rotatable bonds is 6. The summed E-state index contributed by atoms with van der Waals surface area (Å²) < 4.78 is 0. The second kappa shape index (κ2) is 8.05. The Morgan fingerprint density at radius 2 is 2.00 bits per heavy atom. The van der Waals surface area contributed by atoms with E-state index in [0.717, 1.165) is 17.1 Å². The van der Waals surface area contributed by atoms with Crippen LogP contribution in [0.5, 0.6) is 0 Å². The third-order valence-electron chi connectivity index (χ3n) is 2.96. The van der Waals surface area contributed by atoms with Gasteiger partial charge in [-0.2, -0.15) is 0 Å². The van der Waals surface area contributed by atoms with E-state index < -0.39 is 0 Å². The van der Waals surface area contributed by atoms with Crippen LogP contribution in [-0.4, -0.2) is 23.2 Å². The number of thioether (sulfide) groups is 1. The maximum atomic E-state index is 12.3. The van der Waals surface area contributed by atoms with E-state index in [1.54, 1.807) is 28.9 Å². The van der Waals surface area contributed by atoms with Crippen LogP contribution in [0.4, 0.5) is 5.69 Å². The summed E-state index contributed by atoms with van der Waals surface area (Å²) in [5.41, 5.74) is 1.75. The van der Waals surface area contributed by atoms with Gasteiger partial charge in [0.25, 0.3) is 0 Å². The van der Waals surface area contributed by atoms with Crippen LogP contribution < -0.4 is 4.90 Å². The molecule has 3 nitrogen and oxygen atoms in total. The lowest BCUT2D eigenvalue weighted by molar-refractivity contribution is -0.116. The third kappa shape index (κ3) is 4.48. The highest BCUT2D eigenvalue weighted by Crippen LogP contribution is 2.25. The molecule has 0 radical (unpaired) electrons. The van der Waals surface area contributed by atoms with E-state index in [4.69, 9.17) is 11.6 Å². The number of hydrogen-bond donors (Lipinski definition) is 0. The van der Waals surface area contributed by atoms with Crippen LogP contribution >= 0.6 is 23.4 Å². The molecule has 0 bridgehead atoms. The zero-order valence-corrected chi connectivity index (χ0v) is 13.4. The van der Waals surface area contributed by atoms with Crippen molar-refractivity contribution in [2.24, 2.45) is 0 Å². The average molecular weight is 321 g/mol. The number of anilines is 1. The van der Waals surface area contributed by atoms with Gasteiger partial charge in [0, 0.05) is 18.5 Å². The lowest BCUT2D eigenvalue weighted by atomic mass is 10.3. The van der Waals surface area contributed by atoms with E-state index in [1.807, 2.05) is 43.3 Å². The Hall–Kier alpha value is -1.52. The minimum atomic E-state index is 0.0616. The van der Waals surface area contributed by atoms with Gasteiger partial charge >= 0.3 is 0 Å². The van der Waals surface area contributed by atoms with Crippen molar-refractivity contribution in [3.05, 3.63) is 59.4 Å². The van der Waals surface area contributed by atoms with Crippen molar-refractivity contribution in [2.45, 2.75) is 12.7 Å². The number of nitrogens with zero attached hydrogens (tertiary/aromatic N) is 2. The fraction of sp³-hybridized carbons (Fsp3) is 0.250. The van der Waals surface area contributed by atoms with Gasteiger partial charge in [-0.05, 0) is 31.2 Å². The second-order valence-electron chi connectivity index (χ2n) is 4.40. The van der Waals surface area contributed by atoms with E-state index in [-0.39, 0.29) is 5.91 Å². The fourth-order valence-corrected chi connectivity index (χ4v) is 3.01. The first-order valence-corrected chi connectivity index (χ1v) is 8.28. The third-order valence-corrected chi connectivity index (χ3v) is 4.23. The quantitative estimate of drug-likeness (QED) is 0.806. The lowest BCUT2D eigenvalue weighted by Gasteiger charge is -2.22. The average Bonchev–Trinajstić information content (AvgIpc) is 2.51. The van der Waals surface area contributed by atoms with Crippen LogP contribution in [-0.2, 0) is 10.5 Å². The number of carbonyl (C=O) groups is 1. The number of para-hydroxylation sites is 1. The van der Waals surface area contributed by atoms with Crippen molar-refractivity contribution >= 4 is 35.0 Å². The summed E-state index contributed by atoms with van der Waals surface area (Å²) in [7, 11) is 0. The van der Waals surface area contributed by atoms with Crippen molar-refractivity contribution < 1.29 is 4.79 Å². The normalized spacial score (nSPS) is 10.4. The maximum Gasteiger partial charge on any atom is 0.237 e. The summed E-state index contributed by atoms with van der Waals surface area (Å²) in [5, 5.41) is 0.599. The summed E-state index contributed by atoms with van der Waals surface area (Å²) >= 11 is 7.72. The van der Waals surface area contributed by atoms with Gasteiger partial charge in [0.05, 0.1) is 22.2 Å². The molecule has 0 atom stereocenters. The zero-order valence-electron chi connectivity index (χ0n) is 11.8. The van der Waals surface area contributed by atoms with Crippen LogP contribution in [0.2, 0.25) is 5.02 Å². The molecule has 0 aliphatic carbocycles. The van der Waals surface area contributed by atoms with Gasteiger partial charge in [-0.1, -0.05) is 29.8 Å².